The highest BCUT2D eigenvalue weighted by atomic mass is 15.2. The van der Waals surface area contributed by atoms with Crippen molar-refractivity contribution in [3.63, 3.8) is 0 Å². The normalized spacial score (nSPS) is 24.1. The van der Waals surface area contributed by atoms with E-state index in [0.717, 1.165) is 19.6 Å². The smallest absolute Gasteiger partial charge is 0.0368 e. The second kappa shape index (κ2) is 5.19. The maximum Gasteiger partial charge on any atom is 0.0368 e. The lowest BCUT2D eigenvalue weighted by atomic mass is 9.95. The molecule has 3 nitrogen and oxygen atoms in total. The number of hydrogen-bond acceptors (Lipinski definition) is 3. The van der Waals surface area contributed by atoms with E-state index in [4.69, 9.17) is 0 Å². The summed E-state index contributed by atoms with van der Waals surface area (Å²) in [6.45, 7) is 7.82. The molecule has 0 aliphatic carbocycles. The van der Waals surface area contributed by atoms with Gasteiger partial charge in [0, 0.05) is 50.6 Å². The van der Waals surface area contributed by atoms with Crippen LogP contribution in [0.2, 0.25) is 0 Å². The van der Waals surface area contributed by atoms with Crippen molar-refractivity contribution < 1.29 is 0 Å². The molecule has 0 radical (unpaired) electrons. The fourth-order valence-corrected chi connectivity index (χ4v) is 2.47. The third kappa shape index (κ3) is 2.78. The predicted octanol–water partition coefficient (Wildman–Crippen LogP) is 2.33. The average molecular weight is 247 g/mol. The van der Waals surface area contributed by atoms with Gasteiger partial charge in [-0.25, -0.2) is 0 Å². The third-order valence-electron chi connectivity index (χ3n) is 3.98. The van der Waals surface area contributed by atoms with E-state index in [1.165, 1.54) is 17.8 Å². The van der Waals surface area contributed by atoms with Gasteiger partial charge in [0.2, 0.25) is 0 Å². The number of benzene rings is 1. The molecule has 1 aromatic carbocycles. The number of rotatable bonds is 3. The summed E-state index contributed by atoms with van der Waals surface area (Å²) in [6, 6.07) is 8.86. The van der Waals surface area contributed by atoms with Gasteiger partial charge >= 0.3 is 0 Å². The van der Waals surface area contributed by atoms with Crippen LogP contribution in [-0.2, 0) is 0 Å². The van der Waals surface area contributed by atoms with Crippen molar-refractivity contribution in [3.8, 4) is 0 Å². The van der Waals surface area contributed by atoms with E-state index in [1.54, 1.807) is 0 Å². The Morgan fingerprint density at radius 1 is 1.28 bits per heavy atom. The second-order valence-corrected chi connectivity index (χ2v) is 5.67. The van der Waals surface area contributed by atoms with Crippen LogP contribution in [0.1, 0.15) is 20.3 Å². The van der Waals surface area contributed by atoms with E-state index in [0.29, 0.717) is 0 Å². The van der Waals surface area contributed by atoms with Crippen molar-refractivity contribution in [3.05, 3.63) is 24.3 Å². The maximum absolute atomic E-state index is 3.62. The van der Waals surface area contributed by atoms with Crippen molar-refractivity contribution in [1.82, 2.24) is 5.32 Å². The molecule has 2 rings (SSSR count). The molecule has 1 aliphatic rings. The summed E-state index contributed by atoms with van der Waals surface area (Å²) in [5.74, 6) is 0. The number of anilines is 2. The molecule has 0 spiro atoms. The van der Waals surface area contributed by atoms with Crippen molar-refractivity contribution in [2.75, 3.05) is 43.5 Å². The number of nitrogens with zero attached hydrogens (tertiary/aromatic N) is 2. The molecule has 1 saturated heterocycles. The first-order chi connectivity index (χ1) is 8.54. The number of hydrogen-bond donors (Lipinski definition) is 1. The Labute approximate surface area is 111 Å². The van der Waals surface area contributed by atoms with Gasteiger partial charge in [-0.2, -0.15) is 0 Å². The number of piperazine rings is 1. The Hall–Kier alpha value is -1.22. The summed E-state index contributed by atoms with van der Waals surface area (Å²) < 4.78 is 0. The summed E-state index contributed by atoms with van der Waals surface area (Å²) >= 11 is 0. The van der Waals surface area contributed by atoms with E-state index in [9.17, 15) is 0 Å². The van der Waals surface area contributed by atoms with E-state index >= 15 is 0 Å². The molecular weight excluding hydrogens is 222 g/mol. The molecule has 1 heterocycles. The van der Waals surface area contributed by atoms with Gasteiger partial charge in [-0.05, 0) is 37.6 Å². The molecule has 1 aliphatic heterocycles. The Morgan fingerprint density at radius 3 is 2.50 bits per heavy atom. The van der Waals surface area contributed by atoms with Gasteiger partial charge in [0.05, 0.1) is 0 Å². The maximum atomic E-state index is 3.62. The lowest BCUT2D eigenvalue weighted by Gasteiger charge is -2.42. The molecule has 0 bridgehead atoms. The third-order valence-corrected chi connectivity index (χ3v) is 3.98. The molecule has 100 valence electrons. The van der Waals surface area contributed by atoms with Crippen LogP contribution < -0.4 is 15.1 Å². The highest BCUT2D eigenvalue weighted by Gasteiger charge is 2.28. The van der Waals surface area contributed by atoms with Crippen molar-refractivity contribution >= 4 is 11.4 Å². The summed E-state index contributed by atoms with van der Waals surface area (Å²) in [7, 11) is 4.15. The lowest BCUT2D eigenvalue weighted by molar-refractivity contribution is 0.314. The van der Waals surface area contributed by atoms with Crippen molar-refractivity contribution in [2.24, 2.45) is 0 Å². The Bertz CT molecular complexity index is 385. The molecule has 3 heteroatoms. The van der Waals surface area contributed by atoms with Crippen molar-refractivity contribution in [2.45, 2.75) is 25.8 Å². The van der Waals surface area contributed by atoms with Gasteiger partial charge < -0.3 is 15.1 Å². The molecule has 0 amide bonds. The minimum absolute atomic E-state index is 0.248. The molecule has 0 aromatic heterocycles. The van der Waals surface area contributed by atoms with Gasteiger partial charge in [-0.1, -0.05) is 6.92 Å². The fourth-order valence-electron chi connectivity index (χ4n) is 2.47. The molecule has 1 N–H and O–H groups in total. The van der Waals surface area contributed by atoms with Crippen LogP contribution in [0.25, 0.3) is 0 Å². The van der Waals surface area contributed by atoms with Gasteiger partial charge in [-0.3, -0.25) is 0 Å². The summed E-state index contributed by atoms with van der Waals surface area (Å²) in [4.78, 5) is 4.62. The van der Waals surface area contributed by atoms with E-state index in [-0.39, 0.29) is 5.54 Å². The summed E-state index contributed by atoms with van der Waals surface area (Å²) in [5.41, 5.74) is 2.84. The molecule has 0 saturated carbocycles. The van der Waals surface area contributed by atoms with Gasteiger partial charge in [0.15, 0.2) is 0 Å². The lowest BCUT2D eigenvalue weighted by Crippen LogP contribution is -2.58. The van der Waals surface area contributed by atoms with E-state index < -0.39 is 0 Å². The van der Waals surface area contributed by atoms with Gasteiger partial charge in [0.1, 0.15) is 0 Å². The fraction of sp³-hybridized carbons (Fsp3) is 0.600. The summed E-state index contributed by atoms with van der Waals surface area (Å²) in [5, 5.41) is 3.62. The van der Waals surface area contributed by atoms with Crippen LogP contribution in [0.4, 0.5) is 11.4 Å². The topological polar surface area (TPSA) is 18.5 Å². The van der Waals surface area contributed by atoms with Crippen LogP contribution >= 0.6 is 0 Å². The Kier molecular flexibility index (Phi) is 3.81. The van der Waals surface area contributed by atoms with Crippen LogP contribution in [0.3, 0.4) is 0 Å². The minimum Gasteiger partial charge on any atom is -0.378 e. The van der Waals surface area contributed by atoms with Crippen LogP contribution in [-0.4, -0.2) is 39.3 Å². The van der Waals surface area contributed by atoms with Crippen LogP contribution in [0, 0.1) is 0 Å². The second-order valence-electron chi connectivity index (χ2n) is 5.67. The quantitative estimate of drug-likeness (QED) is 0.884. The highest BCUT2D eigenvalue weighted by Crippen LogP contribution is 2.24. The number of nitrogens with one attached hydrogen (secondary N) is 1. The Balaban J connectivity index is 2.11. The van der Waals surface area contributed by atoms with E-state index in [1.807, 2.05) is 0 Å². The van der Waals surface area contributed by atoms with Crippen molar-refractivity contribution in [1.29, 1.82) is 0 Å². The SMILES string of the molecule is CCC1(C)CN(c2ccc(N(C)C)cc2)CCN1. The zero-order valence-corrected chi connectivity index (χ0v) is 12.0. The first-order valence-electron chi connectivity index (χ1n) is 6.81. The Morgan fingerprint density at radius 2 is 1.94 bits per heavy atom. The largest absolute Gasteiger partial charge is 0.378 e. The minimum atomic E-state index is 0.248. The zero-order valence-electron chi connectivity index (χ0n) is 12.0. The van der Waals surface area contributed by atoms with Crippen LogP contribution in [0.15, 0.2) is 24.3 Å². The molecule has 1 aromatic rings. The van der Waals surface area contributed by atoms with E-state index in [2.05, 4.69) is 67.3 Å². The molecule has 1 unspecified atom stereocenters. The predicted molar refractivity (Wildman–Crippen MR) is 79.7 cm³/mol. The first-order valence-corrected chi connectivity index (χ1v) is 6.81. The monoisotopic (exact) mass is 247 g/mol. The summed E-state index contributed by atoms with van der Waals surface area (Å²) in [6.07, 6.45) is 1.17. The molecular formula is C15H25N3. The molecule has 1 atom stereocenters. The van der Waals surface area contributed by atoms with Gasteiger partial charge in [-0.15, -0.1) is 0 Å². The highest BCUT2D eigenvalue weighted by molar-refractivity contribution is 5.56. The standard InChI is InChI=1S/C15H25N3/c1-5-15(2)12-18(11-10-16-15)14-8-6-13(7-9-14)17(3)4/h6-9,16H,5,10-12H2,1-4H3. The average Bonchev–Trinajstić information content (AvgIpc) is 2.39. The molecule has 18 heavy (non-hydrogen) atoms. The molecule has 1 fully saturated rings. The first kappa shape index (κ1) is 13.2. The van der Waals surface area contributed by atoms with Gasteiger partial charge in [0.25, 0.3) is 0 Å². The zero-order chi connectivity index (χ0) is 13.2. The van der Waals surface area contributed by atoms with Crippen LogP contribution in [0.5, 0.6) is 0 Å².